The van der Waals surface area contributed by atoms with E-state index >= 15 is 0 Å². The highest BCUT2D eigenvalue weighted by molar-refractivity contribution is 6.16. The maximum atomic E-state index is 13.4. The number of allylic oxidation sites excluding steroid dienone is 1. The Morgan fingerprint density at radius 3 is 2.76 bits per heavy atom. The van der Waals surface area contributed by atoms with Gasteiger partial charge in [-0.1, -0.05) is 6.07 Å². The van der Waals surface area contributed by atoms with Crippen molar-refractivity contribution in [3.8, 4) is 17.2 Å². The fourth-order valence-corrected chi connectivity index (χ4v) is 4.39. The molecule has 0 atom stereocenters. The van der Waals surface area contributed by atoms with Gasteiger partial charge in [0.1, 0.15) is 5.75 Å². The monoisotopic (exact) mass is 460 g/mol. The lowest BCUT2D eigenvalue weighted by Gasteiger charge is -2.17. The van der Waals surface area contributed by atoms with Crippen molar-refractivity contribution in [2.24, 2.45) is 0 Å². The summed E-state index contributed by atoms with van der Waals surface area (Å²) in [7, 11) is 2.94. The van der Waals surface area contributed by atoms with Crippen LogP contribution in [0.1, 0.15) is 18.1 Å². The third-order valence-electron chi connectivity index (χ3n) is 6.19. The van der Waals surface area contributed by atoms with Gasteiger partial charge in [0.05, 0.1) is 25.4 Å². The Hall–Kier alpha value is -4.20. The number of esters is 1. The molecule has 0 unspecified atom stereocenters. The van der Waals surface area contributed by atoms with Gasteiger partial charge < -0.3 is 28.8 Å². The highest BCUT2D eigenvalue weighted by Crippen LogP contribution is 2.36. The summed E-state index contributed by atoms with van der Waals surface area (Å²) in [6, 6.07) is 11.2. The van der Waals surface area contributed by atoms with E-state index in [-0.39, 0.29) is 18.3 Å². The van der Waals surface area contributed by atoms with Crippen LogP contribution in [-0.4, -0.2) is 49.3 Å². The zero-order chi connectivity index (χ0) is 23.8. The van der Waals surface area contributed by atoms with E-state index in [9.17, 15) is 9.59 Å². The average Bonchev–Trinajstić information content (AvgIpc) is 3.54. The molecule has 0 spiro atoms. The molecule has 1 N–H and O–H groups in total. The van der Waals surface area contributed by atoms with E-state index in [0.29, 0.717) is 35.7 Å². The Labute approximate surface area is 196 Å². The van der Waals surface area contributed by atoms with Crippen molar-refractivity contribution in [1.29, 1.82) is 0 Å². The molecule has 0 bridgehead atoms. The van der Waals surface area contributed by atoms with Crippen LogP contribution >= 0.6 is 0 Å². The predicted molar refractivity (Wildman–Crippen MR) is 126 cm³/mol. The molecule has 1 amide bonds. The summed E-state index contributed by atoms with van der Waals surface area (Å²) in [6.07, 6.45) is 4.23. The first-order chi connectivity index (χ1) is 16.5. The van der Waals surface area contributed by atoms with Gasteiger partial charge in [0.15, 0.2) is 11.5 Å². The molecule has 8 nitrogen and oxygen atoms in total. The quantitative estimate of drug-likeness (QED) is 0.444. The molecule has 34 heavy (non-hydrogen) atoms. The van der Waals surface area contributed by atoms with E-state index in [0.717, 1.165) is 27.8 Å². The maximum Gasteiger partial charge on any atom is 0.340 e. The third kappa shape index (κ3) is 3.67. The van der Waals surface area contributed by atoms with Crippen LogP contribution in [0.5, 0.6) is 17.2 Å². The van der Waals surface area contributed by atoms with Crippen molar-refractivity contribution in [2.45, 2.75) is 13.3 Å². The summed E-state index contributed by atoms with van der Waals surface area (Å²) in [5.74, 6) is 1.23. The number of fused-ring (bicyclic) bond motifs is 2. The Morgan fingerprint density at radius 2 is 1.97 bits per heavy atom. The first kappa shape index (κ1) is 21.6. The second-order valence-corrected chi connectivity index (χ2v) is 8.05. The van der Waals surface area contributed by atoms with Crippen molar-refractivity contribution in [3.05, 3.63) is 70.6 Å². The van der Waals surface area contributed by atoms with E-state index in [2.05, 4.69) is 4.98 Å². The standard InChI is InChI=1S/C26H24N2O6/c1-15-24(26(30)32-3)20(10-16-4-7-22-23(11-16)34-14-33-22)25(29)28(15)9-8-17-13-27-21-6-5-18(31-2)12-19(17)21/h4-7,10-13,27H,8-9,14H2,1-3H3. The van der Waals surface area contributed by atoms with Gasteiger partial charge in [0.2, 0.25) is 6.79 Å². The Kier molecular flexibility index (Phi) is 5.49. The summed E-state index contributed by atoms with van der Waals surface area (Å²) in [5, 5.41) is 1.04. The van der Waals surface area contributed by atoms with Crippen LogP contribution in [0.15, 0.2) is 59.4 Å². The number of ether oxygens (including phenoxy) is 4. The van der Waals surface area contributed by atoms with E-state index in [4.69, 9.17) is 18.9 Å². The number of aromatic amines is 1. The number of nitrogens with one attached hydrogen (secondary N) is 1. The molecule has 2 aliphatic rings. The number of nitrogens with zero attached hydrogens (tertiary/aromatic N) is 1. The van der Waals surface area contributed by atoms with Crippen molar-refractivity contribution in [1.82, 2.24) is 9.88 Å². The van der Waals surface area contributed by atoms with E-state index in [1.807, 2.05) is 30.5 Å². The number of carbonyl (C=O) groups is 2. The zero-order valence-corrected chi connectivity index (χ0v) is 19.1. The molecule has 8 heteroatoms. The van der Waals surface area contributed by atoms with Crippen LogP contribution in [0.2, 0.25) is 0 Å². The Bertz CT molecular complexity index is 1370. The highest BCUT2D eigenvalue weighted by Gasteiger charge is 2.37. The van der Waals surface area contributed by atoms with Crippen molar-refractivity contribution in [2.75, 3.05) is 27.6 Å². The minimum atomic E-state index is -0.544. The number of H-pyrrole nitrogens is 1. The lowest BCUT2D eigenvalue weighted by atomic mass is 10.0. The summed E-state index contributed by atoms with van der Waals surface area (Å²) >= 11 is 0. The smallest absolute Gasteiger partial charge is 0.340 e. The topological polar surface area (TPSA) is 90.1 Å². The van der Waals surface area contributed by atoms with Gasteiger partial charge in [0, 0.05) is 29.3 Å². The molecule has 0 radical (unpaired) electrons. The fourth-order valence-electron chi connectivity index (χ4n) is 4.39. The Morgan fingerprint density at radius 1 is 1.15 bits per heavy atom. The molecular weight excluding hydrogens is 436 g/mol. The van der Waals surface area contributed by atoms with Gasteiger partial charge in [-0.15, -0.1) is 0 Å². The lowest BCUT2D eigenvalue weighted by molar-refractivity contribution is -0.136. The van der Waals surface area contributed by atoms with Gasteiger partial charge >= 0.3 is 5.97 Å². The number of methoxy groups -OCH3 is 2. The van der Waals surface area contributed by atoms with Gasteiger partial charge in [-0.05, 0) is 60.9 Å². The molecule has 0 fully saturated rings. The van der Waals surface area contributed by atoms with Crippen LogP contribution in [0.3, 0.4) is 0 Å². The molecule has 174 valence electrons. The van der Waals surface area contributed by atoms with Crippen LogP contribution in [0.4, 0.5) is 0 Å². The fraction of sp³-hybridized carbons (Fsp3) is 0.231. The van der Waals surface area contributed by atoms with Crippen molar-refractivity contribution < 1.29 is 28.5 Å². The number of hydrogen-bond donors (Lipinski definition) is 1. The number of hydrogen-bond acceptors (Lipinski definition) is 6. The maximum absolute atomic E-state index is 13.4. The van der Waals surface area contributed by atoms with Crippen molar-refractivity contribution >= 4 is 28.9 Å². The molecule has 2 aromatic carbocycles. The second-order valence-electron chi connectivity index (χ2n) is 8.05. The SMILES string of the molecule is COC(=O)C1=C(C)N(CCc2c[nH]c3ccc(OC)cc23)C(=O)C1=Cc1ccc2c(c1)OCO2. The van der Waals surface area contributed by atoms with E-state index in [1.54, 1.807) is 37.1 Å². The van der Waals surface area contributed by atoms with Crippen LogP contribution in [-0.2, 0) is 20.7 Å². The summed E-state index contributed by atoms with van der Waals surface area (Å²) < 4.78 is 21.1. The normalized spacial score (nSPS) is 16.1. The first-order valence-corrected chi connectivity index (χ1v) is 10.9. The second kappa shape index (κ2) is 8.62. The van der Waals surface area contributed by atoms with Crippen LogP contribution in [0.25, 0.3) is 17.0 Å². The van der Waals surface area contributed by atoms with Gasteiger partial charge in [-0.3, -0.25) is 4.79 Å². The molecule has 0 saturated carbocycles. The lowest BCUT2D eigenvalue weighted by Crippen LogP contribution is -2.27. The third-order valence-corrected chi connectivity index (χ3v) is 6.19. The zero-order valence-electron chi connectivity index (χ0n) is 19.1. The summed E-state index contributed by atoms with van der Waals surface area (Å²) in [6.45, 7) is 2.34. The van der Waals surface area contributed by atoms with Gasteiger partial charge in [-0.2, -0.15) is 0 Å². The van der Waals surface area contributed by atoms with E-state index in [1.165, 1.54) is 7.11 Å². The molecule has 3 aromatic rings. The number of rotatable bonds is 6. The number of carbonyl (C=O) groups excluding carboxylic acids is 2. The molecule has 3 heterocycles. The molecular formula is C26H24N2O6. The van der Waals surface area contributed by atoms with Gasteiger partial charge in [0.25, 0.3) is 5.91 Å². The largest absolute Gasteiger partial charge is 0.497 e. The van der Waals surface area contributed by atoms with Crippen molar-refractivity contribution in [3.63, 3.8) is 0 Å². The minimum Gasteiger partial charge on any atom is -0.497 e. The number of benzene rings is 2. The average molecular weight is 460 g/mol. The molecule has 5 rings (SSSR count). The molecule has 0 saturated heterocycles. The summed E-state index contributed by atoms with van der Waals surface area (Å²) in [5.41, 5.74) is 3.92. The van der Waals surface area contributed by atoms with Crippen LogP contribution in [0, 0.1) is 0 Å². The van der Waals surface area contributed by atoms with E-state index < -0.39 is 5.97 Å². The molecule has 2 aliphatic heterocycles. The minimum absolute atomic E-state index is 0.161. The summed E-state index contributed by atoms with van der Waals surface area (Å²) in [4.78, 5) is 30.9. The molecule has 1 aromatic heterocycles. The van der Waals surface area contributed by atoms with Crippen LogP contribution < -0.4 is 14.2 Å². The highest BCUT2D eigenvalue weighted by atomic mass is 16.7. The predicted octanol–water partition coefficient (Wildman–Crippen LogP) is 3.82. The van der Waals surface area contributed by atoms with Gasteiger partial charge in [-0.25, -0.2) is 4.79 Å². The molecule has 0 aliphatic carbocycles. The first-order valence-electron chi connectivity index (χ1n) is 10.9. The Balaban J connectivity index is 1.45. The number of amides is 1. The number of aromatic nitrogens is 1.